The van der Waals surface area contributed by atoms with Gasteiger partial charge in [0, 0.05) is 18.7 Å². The van der Waals surface area contributed by atoms with Crippen LogP contribution in [0.4, 0.5) is 0 Å². The molecule has 27 heavy (non-hydrogen) atoms. The zero-order chi connectivity index (χ0) is 19.3. The molecule has 1 aromatic carbocycles. The van der Waals surface area contributed by atoms with E-state index in [1.165, 1.54) is 6.07 Å². The number of likely N-dealkylation sites (tertiary alicyclic amines) is 1. The van der Waals surface area contributed by atoms with Gasteiger partial charge in [0.25, 0.3) is 0 Å². The fraction of sp³-hybridized carbons (Fsp3) is 0.524. The first kappa shape index (κ1) is 18.2. The Morgan fingerprint density at radius 3 is 2.63 bits per heavy atom. The van der Waals surface area contributed by atoms with E-state index in [0.717, 1.165) is 31.5 Å². The average molecular weight is 370 g/mol. The molecule has 0 aliphatic carbocycles. The number of aliphatic hydroxyl groups is 1. The average Bonchev–Trinajstić information content (AvgIpc) is 2.87. The third-order valence-corrected chi connectivity index (χ3v) is 6.19. The number of carbonyl (C=O) groups excluding carboxylic acids is 1. The van der Waals surface area contributed by atoms with Gasteiger partial charge >= 0.3 is 0 Å². The lowest BCUT2D eigenvalue weighted by atomic mass is 9.76. The van der Waals surface area contributed by atoms with Crippen molar-refractivity contribution < 1.29 is 14.3 Å². The predicted octanol–water partition coefficient (Wildman–Crippen LogP) is 2.43. The van der Waals surface area contributed by atoms with Crippen LogP contribution in [0.1, 0.15) is 55.2 Å². The number of piperidine rings is 1. The van der Waals surface area contributed by atoms with Crippen LogP contribution >= 0.6 is 0 Å². The van der Waals surface area contributed by atoms with E-state index < -0.39 is 6.10 Å². The maximum atomic E-state index is 13.0. The Bertz CT molecular complexity index is 957. The molecule has 2 fully saturated rings. The Balaban J connectivity index is 1.83. The second-order valence-corrected chi connectivity index (χ2v) is 8.09. The molecule has 0 saturated carbocycles. The minimum absolute atomic E-state index is 0.135. The molecule has 0 radical (unpaired) electrons. The molecule has 1 amide bonds. The van der Waals surface area contributed by atoms with Crippen molar-refractivity contribution in [2.24, 2.45) is 5.41 Å². The highest BCUT2D eigenvalue weighted by molar-refractivity contribution is 5.86. The SMILES string of the molecule is Cc1cc(C(C)O)c2oc(C3CC4(CCNCC4)C(=O)N3C)cc(=O)c2c1. The zero-order valence-corrected chi connectivity index (χ0v) is 16.0. The van der Waals surface area contributed by atoms with Crippen LogP contribution in [0, 0.1) is 12.3 Å². The van der Waals surface area contributed by atoms with E-state index in [4.69, 9.17) is 4.42 Å². The molecule has 2 aromatic rings. The van der Waals surface area contributed by atoms with Crippen molar-refractivity contribution in [1.82, 2.24) is 10.2 Å². The molecule has 1 spiro atoms. The van der Waals surface area contributed by atoms with E-state index in [9.17, 15) is 14.7 Å². The number of rotatable bonds is 2. The van der Waals surface area contributed by atoms with Gasteiger partial charge in [-0.3, -0.25) is 9.59 Å². The van der Waals surface area contributed by atoms with Crippen LogP contribution in [0.2, 0.25) is 0 Å². The summed E-state index contributed by atoms with van der Waals surface area (Å²) in [5.41, 5.74) is 1.43. The Kier molecular flexibility index (Phi) is 4.35. The van der Waals surface area contributed by atoms with Gasteiger partial charge in [0.15, 0.2) is 5.43 Å². The summed E-state index contributed by atoms with van der Waals surface area (Å²) in [7, 11) is 1.79. The van der Waals surface area contributed by atoms with Crippen molar-refractivity contribution in [3.05, 3.63) is 45.3 Å². The normalized spacial score (nSPS) is 23.3. The maximum Gasteiger partial charge on any atom is 0.229 e. The molecule has 3 heterocycles. The van der Waals surface area contributed by atoms with Gasteiger partial charge in [-0.15, -0.1) is 0 Å². The summed E-state index contributed by atoms with van der Waals surface area (Å²) in [5, 5.41) is 13.9. The number of aryl methyl sites for hydroxylation is 1. The fourth-order valence-corrected chi connectivity index (χ4v) is 4.65. The van der Waals surface area contributed by atoms with Gasteiger partial charge in [-0.25, -0.2) is 0 Å². The van der Waals surface area contributed by atoms with Crippen LogP contribution in [0.5, 0.6) is 0 Å². The molecule has 6 heteroatoms. The van der Waals surface area contributed by atoms with Crippen molar-refractivity contribution in [3.63, 3.8) is 0 Å². The minimum Gasteiger partial charge on any atom is -0.458 e. The van der Waals surface area contributed by atoms with Gasteiger partial charge < -0.3 is 19.7 Å². The maximum absolute atomic E-state index is 13.0. The first-order chi connectivity index (χ1) is 12.8. The molecule has 2 aliphatic rings. The highest BCUT2D eigenvalue weighted by Gasteiger charge is 2.51. The number of benzene rings is 1. The molecular formula is C21H26N2O4. The number of carbonyl (C=O) groups is 1. The summed E-state index contributed by atoms with van der Waals surface area (Å²) in [6.45, 7) is 5.22. The molecule has 2 saturated heterocycles. The van der Waals surface area contributed by atoms with E-state index in [1.807, 2.05) is 13.0 Å². The lowest BCUT2D eigenvalue weighted by molar-refractivity contribution is -0.136. The first-order valence-electron chi connectivity index (χ1n) is 9.57. The molecule has 1 aromatic heterocycles. The van der Waals surface area contributed by atoms with E-state index in [-0.39, 0.29) is 22.8 Å². The molecule has 2 aliphatic heterocycles. The number of nitrogens with zero attached hydrogens (tertiary/aromatic N) is 1. The van der Waals surface area contributed by atoms with Gasteiger partial charge in [-0.1, -0.05) is 0 Å². The summed E-state index contributed by atoms with van der Waals surface area (Å²) < 4.78 is 6.16. The molecule has 2 N–H and O–H groups in total. The third kappa shape index (κ3) is 2.87. The molecule has 4 rings (SSSR count). The van der Waals surface area contributed by atoms with Crippen molar-refractivity contribution in [2.75, 3.05) is 20.1 Å². The van der Waals surface area contributed by atoms with Crippen molar-refractivity contribution in [3.8, 4) is 0 Å². The van der Waals surface area contributed by atoms with Crippen molar-refractivity contribution >= 4 is 16.9 Å². The summed E-state index contributed by atoms with van der Waals surface area (Å²) in [6, 6.07) is 4.89. The Morgan fingerprint density at radius 1 is 1.26 bits per heavy atom. The van der Waals surface area contributed by atoms with E-state index >= 15 is 0 Å². The fourth-order valence-electron chi connectivity index (χ4n) is 4.65. The number of aliphatic hydroxyl groups excluding tert-OH is 1. The third-order valence-electron chi connectivity index (χ3n) is 6.19. The minimum atomic E-state index is -0.746. The summed E-state index contributed by atoms with van der Waals surface area (Å²) >= 11 is 0. The smallest absolute Gasteiger partial charge is 0.229 e. The van der Waals surface area contributed by atoms with Gasteiger partial charge in [0.2, 0.25) is 5.91 Å². The van der Waals surface area contributed by atoms with Gasteiger partial charge in [0.1, 0.15) is 11.3 Å². The van der Waals surface area contributed by atoms with Gasteiger partial charge in [0.05, 0.1) is 22.9 Å². The number of hydrogen-bond donors (Lipinski definition) is 2. The van der Waals surface area contributed by atoms with E-state index in [0.29, 0.717) is 28.7 Å². The molecule has 0 bridgehead atoms. The Hall–Kier alpha value is -2.18. The number of hydrogen-bond acceptors (Lipinski definition) is 5. The lowest BCUT2D eigenvalue weighted by Gasteiger charge is -2.31. The second kappa shape index (κ2) is 6.46. The van der Waals surface area contributed by atoms with Crippen LogP contribution in [-0.2, 0) is 4.79 Å². The molecular weight excluding hydrogens is 344 g/mol. The van der Waals surface area contributed by atoms with Crippen LogP contribution in [0.3, 0.4) is 0 Å². The van der Waals surface area contributed by atoms with Gasteiger partial charge in [-0.2, -0.15) is 0 Å². The van der Waals surface area contributed by atoms with E-state index in [1.54, 1.807) is 24.9 Å². The molecule has 2 atom stereocenters. The zero-order valence-electron chi connectivity index (χ0n) is 16.0. The first-order valence-corrected chi connectivity index (χ1v) is 9.57. The predicted molar refractivity (Wildman–Crippen MR) is 103 cm³/mol. The quantitative estimate of drug-likeness (QED) is 0.848. The van der Waals surface area contributed by atoms with Crippen molar-refractivity contribution in [1.29, 1.82) is 0 Å². The lowest BCUT2D eigenvalue weighted by Crippen LogP contribution is -2.41. The second-order valence-electron chi connectivity index (χ2n) is 8.09. The van der Waals surface area contributed by atoms with E-state index in [2.05, 4.69) is 5.32 Å². The molecule has 6 nitrogen and oxygen atoms in total. The van der Waals surface area contributed by atoms with Crippen LogP contribution in [0.15, 0.2) is 27.4 Å². The van der Waals surface area contributed by atoms with Crippen molar-refractivity contribution in [2.45, 2.75) is 45.3 Å². The highest BCUT2D eigenvalue weighted by Crippen LogP contribution is 2.48. The number of fused-ring (bicyclic) bond motifs is 1. The Labute approximate surface area is 158 Å². The van der Waals surface area contributed by atoms with Crippen LogP contribution in [-0.4, -0.2) is 36.1 Å². The monoisotopic (exact) mass is 370 g/mol. The highest BCUT2D eigenvalue weighted by atomic mass is 16.3. The molecule has 144 valence electrons. The van der Waals surface area contributed by atoms with Crippen LogP contribution in [0.25, 0.3) is 11.0 Å². The van der Waals surface area contributed by atoms with Crippen LogP contribution < -0.4 is 10.7 Å². The summed E-state index contributed by atoms with van der Waals surface area (Å²) in [5.74, 6) is 0.640. The topological polar surface area (TPSA) is 82.8 Å². The molecule has 2 unspecified atom stereocenters. The summed E-state index contributed by atoms with van der Waals surface area (Å²) in [4.78, 5) is 27.5. The van der Waals surface area contributed by atoms with Gasteiger partial charge in [-0.05, 0) is 63.9 Å². The largest absolute Gasteiger partial charge is 0.458 e. The number of nitrogens with one attached hydrogen (secondary N) is 1. The standard InChI is InChI=1S/C21H26N2O4/c1-12-8-14(13(2)24)19-15(9-12)17(25)10-18(27-19)16-11-21(20(26)23(16)3)4-6-22-7-5-21/h8-10,13,16,22,24H,4-7,11H2,1-3H3. The summed E-state index contributed by atoms with van der Waals surface area (Å²) in [6.07, 6.45) is 1.53. The number of amides is 1. The Morgan fingerprint density at radius 2 is 1.96 bits per heavy atom.